The van der Waals surface area contributed by atoms with E-state index in [4.69, 9.17) is 4.74 Å². The molecule has 1 aliphatic rings. The van der Waals surface area contributed by atoms with Crippen LogP contribution in [0, 0.1) is 0 Å². The third kappa shape index (κ3) is 4.66. The van der Waals surface area contributed by atoms with E-state index in [-0.39, 0.29) is 11.9 Å². The molecule has 1 saturated heterocycles. The molecular formula is C20H24N2O2. The third-order valence-electron chi connectivity index (χ3n) is 4.32. The molecule has 126 valence electrons. The number of amides is 1. The number of benzene rings is 2. The van der Waals surface area contributed by atoms with Gasteiger partial charge in [-0.25, -0.2) is 0 Å². The molecule has 0 saturated carbocycles. The molecule has 24 heavy (non-hydrogen) atoms. The molecule has 1 fully saturated rings. The minimum absolute atomic E-state index is 0.0357. The lowest BCUT2D eigenvalue weighted by Crippen LogP contribution is -2.40. The van der Waals surface area contributed by atoms with E-state index >= 15 is 0 Å². The molecular weight excluding hydrogens is 300 g/mol. The van der Waals surface area contributed by atoms with Gasteiger partial charge in [0.1, 0.15) is 0 Å². The van der Waals surface area contributed by atoms with Crippen LogP contribution in [0.25, 0.3) is 0 Å². The highest BCUT2D eigenvalue weighted by Crippen LogP contribution is 2.12. The van der Waals surface area contributed by atoms with E-state index in [2.05, 4.69) is 28.8 Å². The van der Waals surface area contributed by atoms with Crippen molar-refractivity contribution in [1.82, 2.24) is 10.6 Å². The van der Waals surface area contributed by atoms with Crippen molar-refractivity contribution in [2.75, 3.05) is 6.54 Å². The molecule has 2 aromatic carbocycles. The number of rotatable bonds is 7. The number of carbonyl (C=O) groups excluding carboxylic acids is 1. The SMILES string of the molecule is O=C(NCc1ccccc1COCc1ccccc1)C1CCCN1. The second-order valence-corrected chi connectivity index (χ2v) is 6.11. The fourth-order valence-corrected chi connectivity index (χ4v) is 2.94. The van der Waals surface area contributed by atoms with Gasteiger partial charge < -0.3 is 15.4 Å². The number of hydrogen-bond acceptors (Lipinski definition) is 3. The zero-order valence-corrected chi connectivity index (χ0v) is 13.8. The van der Waals surface area contributed by atoms with Crippen LogP contribution in [0.4, 0.5) is 0 Å². The van der Waals surface area contributed by atoms with Crippen LogP contribution in [-0.2, 0) is 29.3 Å². The van der Waals surface area contributed by atoms with Gasteiger partial charge in [-0.3, -0.25) is 4.79 Å². The maximum atomic E-state index is 12.1. The van der Waals surface area contributed by atoms with Gasteiger partial charge in [0.25, 0.3) is 0 Å². The molecule has 2 aromatic rings. The molecule has 1 heterocycles. The van der Waals surface area contributed by atoms with Gasteiger partial charge in [0.05, 0.1) is 19.3 Å². The van der Waals surface area contributed by atoms with E-state index in [1.165, 1.54) is 0 Å². The smallest absolute Gasteiger partial charge is 0.237 e. The average Bonchev–Trinajstić information content (AvgIpc) is 3.16. The van der Waals surface area contributed by atoms with E-state index in [1.807, 2.05) is 36.4 Å². The summed E-state index contributed by atoms with van der Waals surface area (Å²) in [6, 6.07) is 18.2. The van der Waals surface area contributed by atoms with Crippen molar-refractivity contribution in [2.45, 2.75) is 38.6 Å². The van der Waals surface area contributed by atoms with E-state index in [9.17, 15) is 4.79 Å². The van der Waals surface area contributed by atoms with Gasteiger partial charge >= 0.3 is 0 Å². The van der Waals surface area contributed by atoms with Gasteiger partial charge in [0.15, 0.2) is 0 Å². The molecule has 0 aliphatic carbocycles. The highest BCUT2D eigenvalue weighted by molar-refractivity contribution is 5.82. The van der Waals surface area contributed by atoms with Crippen molar-refractivity contribution < 1.29 is 9.53 Å². The first kappa shape index (κ1) is 16.7. The van der Waals surface area contributed by atoms with Crippen molar-refractivity contribution in [1.29, 1.82) is 0 Å². The van der Waals surface area contributed by atoms with Crippen molar-refractivity contribution in [2.24, 2.45) is 0 Å². The summed E-state index contributed by atoms with van der Waals surface area (Å²) in [7, 11) is 0. The Morgan fingerprint density at radius 3 is 2.54 bits per heavy atom. The summed E-state index contributed by atoms with van der Waals surface area (Å²) in [4.78, 5) is 12.1. The summed E-state index contributed by atoms with van der Waals surface area (Å²) in [6.45, 7) is 2.61. The lowest BCUT2D eigenvalue weighted by molar-refractivity contribution is -0.122. The first-order valence-corrected chi connectivity index (χ1v) is 8.52. The van der Waals surface area contributed by atoms with Gasteiger partial charge in [0, 0.05) is 6.54 Å². The van der Waals surface area contributed by atoms with Gasteiger partial charge in [-0.15, -0.1) is 0 Å². The van der Waals surface area contributed by atoms with Crippen LogP contribution in [0.2, 0.25) is 0 Å². The van der Waals surface area contributed by atoms with Crippen LogP contribution in [0.5, 0.6) is 0 Å². The Kier molecular flexibility index (Phi) is 5.99. The van der Waals surface area contributed by atoms with Gasteiger partial charge in [-0.2, -0.15) is 0 Å². The first-order chi connectivity index (χ1) is 11.8. The maximum absolute atomic E-state index is 12.1. The summed E-state index contributed by atoms with van der Waals surface area (Å²) in [6.07, 6.45) is 2.00. The van der Waals surface area contributed by atoms with Crippen molar-refractivity contribution >= 4 is 5.91 Å². The molecule has 0 aromatic heterocycles. The van der Waals surface area contributed by atoms with Gasteiger partial charge in [-0.1, -0.05) is 54.6 Å². The summed E-state index contributed by atoms with van der Waals surface area (Å²) in [5, 5.41) is 6.26. The molecule has 1 unspecified atom stereocenters. The Labute approximate surface area is 143 Å². The minimum Gasteiger partial charge on any atom is -0.372 e. The van der Waals surface area contributed by atoms with Crippen LogP contribution < -0.4 is 10.6 Å². The van der Waals surface area contributed by atoms with Gasteiger partial charge in [-0.05, 0) is 36.1 Å². The van der Waals surface area contributed by atoms with Crippen LogP contribution in [-0.4, -0.2) is 18.5 Å². The lowest BCUT2D eigenvalue weighted by atomic mass is 10.1. The normalized spacial score (nSPS) is 16.9. The second-order valence-electron chi connectivity index (χ2n) is 6.11. The number of ether oxygens (including phenoxy) is 1. The molecule has 0 spiro atoms. The Bertz CT molecular complexity index is 652. The number of nitrogens with one attached hydrogen (secondary N) is 2. The lowest BCUT2D eigenvalue weighted by Gasteiger charge is -2.14. The third-order valence-corrected chi connectivity index (χ3v) is 4.32. The molecule has 1 atom stereocenters. The molecule has 1 aliphatic heterocycles. The minimum atomic E-state index is -0.0357. The van der Waals surface area contributed by atoms with E-state index in [1.54, 1.807) is 0 Å². The predicted molar refractivity (Wildman–Crippen MR) is 94.2 cm³/mol. The van der Waals surface area contributed by atoms with Crippen LogP contribution in [0.15, 0.2) is 54.6 Å². The van der Waals surface area contributed by atoms with Gasteiger partial charge in [0.2, 0.25) is 5.91 Å². The van der Waals surface area contributed by atoms with E-state index in [0.29, 0.717) is 19.8 Å². The Balaban J connectivity index is 1.51. The van der Waals surface area contributed by atoms with Crippen LogP contribution in [0.3, 0.4) is 0 Å². The zero-order valence-electron chi connectivity index (χ0n) is 13.8. The van der Waals surface area contributed by atoms with Crippen LogP contribution >= 0.6 is 0 Å². The molecule has 4 nitrogen and oxygen atoms in total. The topological polar surface area (TPSA) is 50.4 Å². The number of carbonyl (C=O) groups is 1. The predicted octanol–water partition coefficient (Wildman–Crippen LogP) is 2.77. The Hall–Kier alpha value is -2.17. The average molecular weight is 324 g/mol. The molecule has 1 amide bonds. The molecule has 0 bridgehead atoms. The largest absolute Gasteiger partial charge is 0.372 e. The fraction of sp³-hybridized carbons (Fsp3) is 0.350. The van der Waals surface area contributed by atoms with Crippen molar-refractivity contribution in [3.05, 3.63) is 71.3 Å². The highest BCUT2D eigenvalue weighted by Gasteiger charge is 2.21. The first-order valence-electron chi connectivity index (χ1n) is 8.52. The molecule has 3 rings (SSSR count). The molecule has 0 radical (unpaired) electrons. The Morgan fingerprint density at radius 1 is 1.04 bits per heavy atom. The zero-order chi connectivity index (χ0) is 16.6. The quantitative estimate of drug-likeness (QED) is 0.823. The second kappa shape index (κ2) is 8.62. The highest BCUT2D eigenvalue weighted by atomic mass is 16.5. The fourth-order valence-electron chi connectivity index (χ4n) is 2.94. The molecule has 2 N–H and O–H groups in total. The summed E-state index contributed by atoms with van der Waals surface area (Å²) < 4.78 is 5.83. The maximum Gasteiger partial charge on any atom is 0.237 e. The summed E-state index contributed by atoms with van der Waals surface area (Å²) in [5.41, 5.74) is 3.39. The van der Waals surface area contributed by atoms with Crippen LogP contribution in [0.1, 0.15) is 29.5 Å². The van der Waals surface area contributed by atoms with E-state index in [0.717, 1.165) is 36.1 Å². The van der Waals surface area contributed by atoms with E-state index < -0.39 is 0 Å². The summed E-state index contributed by atoms with van der Waals surface area (Å²) >= 11 is 0. The number of hydrogen-bond donors (Lipinski definition) is 2. The van der Waals surface area contributed by atoms with Crippen molar-refractivity contribution in [3.63, 3.8) is 0 Å². The monoisotopic (exact) mass is 324 g/mol. The summed E-state index contributed by atoms with van der Waals surface area (Å²) in [5.74, 6) is 0.0903. The molecule has 4 heteroatoms. The Morgan fingerprint density at radius 2 is 1.79 bits per heavy atom. The van der Waals surface area contributed by atoms with Crippen molar-refractivity contribution in [3.8, 4) is 0 Å². The standard InChI is InChI=1S/C20H24N2O2/c23-20(19-11-6-12-21-19)22-13-17-9-4-5-10-18(17)15-24-14-16-7-2-1-3-8-16/h1-5,7-10,19,21H,6,11-15H2,(H,22,23).